The molecule has 2 unspecified atom stereocenters. The third kappa shape index (κ3) is 4.33. The highest BCUT2D eigenvalue weighted by molar-refractivity contribution is 6.32. The molecule has 2 fully saturated rings. The number of hydrogen-bond acceptors (Lipinski definition) is 4. The Kier molecular flexibility index (Phi) is 5.36. The van der Waals surface area contributed by atoms with E-state index in [2.05, 4.69) is 11.4 Å². The van der Waals surface area contributed by atoms with Crippen molar-refractivity contribution >= 4 is 11.6 Å². The number of halogens is 1. The molecule has 2 saturated heterocycles. The molecule has 1 N–H and O–H groups in total. The van der Waals surface area contributed by atoms with E-state index in [-0.39, 0.29) is 12.2 Å². The van der Waals surface area contributed by atoms with Gasteiger partial charge in [0.05, 0.1) is 23.8 Å². The van der Waals surface area contributed by atoms with E-state index in [0.717, 1.165) is 51.3 Å². The zero-order valence-electron chi connectivity index (χ0n) is 12.1. The van der Waals surface area contributed by atoms with Gasteiger partial charge in [-0.2, -0.15) is 0 Å². The predicted molar refractivity (Wildman–Crippen MR) is 82.2 cm³/mol. The van der Waals surface area contributed by atoms with E-state index >= 15 is 0 Å². The molecule has 0 amide bonds. The van der Waals surface area contributed by atoms with Crippen LogP contribution in [-0.4, -0.2) is 45.1 Å². The van der Waals surface area contributed by atoms with Crippen molar-refractivity contribution in [3.63, 3.8) is 0 Å². The Morgan fingerprint density at radius 2 is 2.14 bits per heavy atom. The quantitative estimate of drug-likeness (QED) is 0.906. The molecule has 4 nitrogen and oxygen atoms in total. The molecular formula is C16H22ClNO3. The molecule has 1 aromatic rings. The van der Waals surface area contributed by atoms with E-state index in [1.54, 1.807) is 0 Å². The molecule has 5 heteroatoms. The summed E-state index contributed by atoms with van der Waals surface area (Å²) >= 11 is 6.31. The van der Waals surface area contributed by atoms with Gasteiger partial charge in [-0.25, -0.2) is 0 Å². The van der Waals surface area contributed by atoms with Crippen molar-refractivity contribution in [3.8, 4) is 5.75 Å². The summed E-state index contributed by atoms with van der Waals surface area (Å²) in [5, 5.41) is 4.00. The standard InChI is InChI=1S/C16H22ClNO3/c17-15-9-12(8-14-10-18-5-7-20-14)3-4-16(15)21-11-13-2-1-6-19-13/h3-4,9,13-14,18H,1-2,5-8,10-11H2. The number of benzene rings is 1. The fraction of sp³-hybridized carbons (Fsp3) is 0.625. The van der Waals surface area contributed by atoms with Crippen molar-refractivity contribution in [1.82, 2.24) is 5.32 Å². The summed E-state index contributed by atoms with van der Waals surface area (Å²) in [6.07, 6.45) is 3.51. The Morgan fingerprint density at radius 1 is 1.24 bits per heavy atom. The zero-order valence-corrected chi connectivity index (χ0v) is 12.9. The minimum Gasteiger partial charge on any atom is -0.489 e. The maximum absolute atomic E-state index is 6.31. The van der Waals surface area contributed by atoms with Crippen LogP contribution in [0.25, 0.3) is 0 Å². The summed E-state index contributed by atoms with van der Waals surface area (Å²) < 4.78 is 17.0. The summed E-state index contributed by atoms with van der Waals surface area (Å²) in [6, 6.07) is 5.99. The minimum atomic E-state index is 0.211. The maximum Gasteiger partial charge on any atom is 0.138 e. The van der Waals surface area contributed by atoms with Gasteiger partial charge in [0.2, 0.25) is 0 Å². The van der Waals surface area contributed by atoms with Gasteiger partial charge in [-0.3, -0.25) is 0 Å². The molecular weight excluding hydrogens is 290 g/mol. The van der Waals surface area contributed by atoms with Crippen LogP contribution < -0.4 is 10.1 Å². The van der Waals surface area contributed by atoms with E-state index in [1.807, 2.05) is 12.1 Å². The topological polar surface area (TPSA) is 39.7 Å². The van der Waals surface area contributed by atoms with Crippen LogP contribution in [0, 0.1) is 0 Å². The van der Waals surface area contributed by atoms with Gasteiger partial charge in [0, 0.05) is 19.7 Å². The van der Waals surface area contributed by atoms with Gasteiger partial charge < -0.3 is 19.5 Å². The largest absolute Gasteiger partial charge is 0.489 e. The first-order valence-electron chi connectivity index (χ1n) is 7.66. The molecule has 3 rings (SSSR count). The van der Waals surface area contributed by atoms with Gasteiger partial charge in [-0.05, 0) is 37.0 Å². The Labute approximate surface area is 130 Å². The number of ether oxygens (including phenoxy) is 3. The highest BCUT2D eigenvalue weighted by Crippen LogP contribution is 2.27. The highest BCUT2D eigenvalue weighted by Gasteiger charge is 2.17. The Bertz CT molecular complexity index is 457. The predicted octanol–water partition coefficient (Wildman–Crippen LogP) is 2.43. The number of morpholine rings is 1. The molecule has 0 spiro atoms. The third-order valence-electron chi connectivity index (χ3n) is 3.91. The first-order chi connectivity index (χ1) is 10.3. The lowest BCUT2D eigenvalue weighted by Crippen LogP contribution is -2.39. The molecule has 0 saturated carbocycles. The lowest BCUT2D eigenvalue weighted by Gasteiger charge is -2.23. The van der Waals surface area contributed by atoms with Gasteiger partial charge in [-0.15, -0.1) is 0 Å². The lowest BCUT2D eigenvalue weighted by molar-refractivity contribution is 0.0292. The van der Waals surface area contributed by atoms with Crippen molar-refractivity contribution in [3.05, 3.63) is 28.8 Å². The summed E-state index contributed by atoms with van der Waals surface area (Å²) in [5.74, 6) is 0.735. The van der Waals surface area contributed by atoms with Crippen LogP contribution in [0.5, 0.6) is 5.75 Å². The molecule has 116 valence electrons. The molecule has 2 aliphatic heterocycles. The van der Waals surface area contributed by atoms with Gasteiger partial charge in [0.15, 0.2) is 0 Å². The van der Waals surface area contributed by atoms with Crippen molar-refractivity contribution in [2.24, 2.45) is 0 Å². The fourth-order valence-electron chi connectivity index (χ4n) is 2.76. The molecule has 0 aliphatic carbocycles. The van der Waals surface area contributed by atoms with E-state index in [4.69, 9.17) is 25.8 Å². The van der Waals surface area contributed by atoms with Gasteiger partial charge in [-0.1, -0.05) is 17.7 Å². The van der Waals surface area contributed by atoms with Crippen LogP contribution in [-0.2, 0) is 15.9 Å². The average Bonchev–Trinajstić information content (AvgIpc) is 3.01. The van der Waals surface area contributed by atoms with Crippen LogP contribution >= 0.6 is 11.6 Å². The SMILES string of the molecule is Clc1cc(CC2CNCCO2)ccc1OCC1CCCO1. The second-order valence-corrected chi connectivity index (χ2v) is 6.02. The molecule has 0 radical (unpaired) electrons. The second kappa shape index (κ2) is 7.45. The monoisotopic (exact) mass is 311 g/mol. The molecule has 2 aliphatic rings. The highest BCUT2D eigenvalue weighted by atomic mass is 35.5. The summed E-state index contributed by atoms with van der Waals surface area (Å²) in [5.41, 5.74) is 1.18. The number of nitrogens with one attached hydrogen (secondary N) is 1. The Morgan fingerprint density at radius 3 is 2.86 bits per heavy atom. The van der Waals surface area contributed by atoms with Gasteiger partial charge in [0.1, 0.15) is 12.4 Å². The van der Waals surface area contributed by atoms with Crippen LogP contribution in [0.2, 0.25) is 5.02 Å². The van der Waals surface area contributed by atoms with Crippen molar-refractivity contribution in [1.29, 1.82) is 0 Å². The Balaban J connectivity index is 1.54. The summed E-state index contributed by atoms with van der Waals surface area (Å²) in [4.78, 5) is 0. The second-order valence-electron chi connectivity index (χ2n) is 5.61. The molecule has 0 aromatic heterocycles. The van der Waals surface area contributed by atoms with E-state index in [1.165, 1.54) is 5.56 Å². The Hall–Kier alpha value is -0.810. The summed E-state index contributed by atoms with van der Waals surface area (Å²) in [6.45, 7) is 4.04. The lowest BCUT2D eigenvalue weighted by atomic mass is 10.1. The third-order valence-corrected chi connectivity index (χ3v) is 4.21. The normalized spacial score (nSPS) is 26.0. The van der Waals surface area contributed by atoms with E-state index < -0.39 is 0 Å². The molecule has 0 bridgehead atoms. The maximum atomic E-state index is 6.31. The molecule has 1 aromatic carbocycles. The van der Waals surface area contributed by atoms with Crippen molar-refractivity contribution in [2.45, 2.75) is 31.5 Å². The van der Waals surface area contributed by atoms with Gasteiger partial charge in [0.25, 0.3) is 0 Å². The number of rotatable bonds is 5. The van der Waals surface area contributed by atoms with E-state index in [9.17, 15) is 0 Å². The summed E-state index contributed by atoms with van der Waals surface area (Å²) in [7, 11) is 0. The first kappa shape index (κ1) is 15.1. The first-order valence-corrected chi connectivity index (χ1v) is 8.04. The smallest absolute Gasteiger partial charge is 0.138 e. The molecule has 2 atom stereocenters. The van der Waals surface area contributed by atoms with Crippen molar-refractivity contribution in [2.75, 3.05) is 32.9 Å². The molecule has 2 heterocycles. The van der Waals surface area contributed by atoms with Crippen LogP contribution in [0.1, 0.15) is 18.4 Å². The van der Waals surface area contributed by atoms with Crippen molar-refractivity contribution < 1.29 is 14.2 Å². The minimum absolute atomic E-state index is 0.211. The molecule has 21 heavy (non-hydrogen) atoms. The number of hydrogen-bond donors (Lipinski definition) is 1. The van der Waals surface area contributed by atoms with Crippen LogP contribution in [0.4, 0.5) is 0 Å². The fourth-order valence-corrected chi connectivity index (χ4v) is 3.02. The van der Waals surface area contributed by atoms with Crippen LogP contribution in [0.3, 0.4) is 0 Å². The van der Waals surface area contributed by atoms with E-state index in [0.29, 0.717) is 11.6 Å². The van der Waals surface area contributed by atoms with Crippen LogP contribution in [0.15, 0.2) is 18.2 Å². The average molecular weight is 312 g/mol. The van der Waals surface area contributed by atoms with Gasteiger partial charge >= 0.3 is 0 Å². The zero-order chi connectivity index (χ0) is 14.5.